The Balaban J connectivity index is 2.15. The summed E-state index contributed by atoms with van der Waals surface area (Å²) < 4.78 is 5.28. The average molecular weight is 477 g/mol. The number of aryl methyl sites for hydroxylation is 1. The van der Waals surface area contributed by atoms with Crippen LogP contribution in [0.3, 0.4) is 0 Å². The largest absolute Gasteiger partial charge is 0.507 e. The Kier molecular flexibility index (Phi) is 7.49. The molecule has 0 bridgehead atoms. The number of rotatable bonds is 7. The quantitative estimate of drug-likeness (QED) is 0.356. The Morgan fingerprint density at radius 2 is 1.88 bits per heavy atom. The van der Waals surface area contributed by atoms with Gasteiger partial charge in [-0.15, -0.1) is 0 Å². The summed E-state index contributed by atoms with van der Waals surface area (Å²) in [7, 11) is 5.44. The van der Waals surface area contributed by atoms with Crippen LogP contribution in [0, 0.1) is 6.92 Å². The zero-order valence-electron chi connectivity index (χ0n) is 18.5. The second-order valence-electron chi connectivity index (χ2n) is 8.00. The van der Waals surface area contributed by atoms with Gasteiger partial charge in [-0.1, -0.05) is 29.3 Å². The number of Topliss-reactive ketones (excluding diaryl/α,β-unsaturated/α-hetero) is 1. The highest BCUT2D eigenvalue weighted by molar-refractivity contribution is 6.47. The number of hydrogen-bond acceptors (Lipinski definition) is 5. The predicted octanol–water partition coefficient (Wildman–Crippen LogP) is 4.68. The molecule has 1 N–H and O–H groups in total. The number of benzene rings is 2. The second-order valence-corrected chi connectivity index (χ2v) is 8.84. The lowest BCUT2D eigenvalue weighted by Gasteiger charge is -2.26. The molecule has 0 unspecified atom stereocenters. The monoisotopic (exact) mass is 476 g/mol. The summed E-state index contributed by atoms with van der Waals surface area (Å²) >= 11 is 12.5. The Morgan fingerprint density at radius 3 is 2.47 bits per heavy atom. The highest BCUT2D eigenvalue weighted by atomic mass is 35.5. The van der Waals surface area contributed by atoms with Crippen molar-refractivity contribution in [3.63, 3.8) is 0 Å². The van der Waals surface area contributed by atoms with Gasteiger partial charge in [0.2, 0.25) is 0 Å². The molecule has 1 heterocycles. The fourth-order valence-electron chi connectivity index (χ4n) is 3.90. The van der Waals surface area contributed by atoms with Crippen molar-refractivity contribution in [3.05, 3.63) is 68.7 Å². The third kappa shape index (κ3) is 4.77. The van der Waals surface area contributed by atoms with Gasteiger partial charge in [-0.25, -0.2) is 0 Å². The van der Waals surface area contributed by atoms with Crippen LogP contribution in [0.5, 0.6) is 5.75 Å². The molecule has 0 aromatic heterocycles. The minimum absolute atomic E-state index is 0.00800. The van der Waals surface area contributed by atoms with E-state index >= 15 is 0 Å². The van der Waals surface area contributed by atoms with E-state index in [-0.39, 0.29) is 11.3 Å². The van der Waals surface area contributed by atoms with E-state index in [1.807, 2.05) is 25.9 Å². The van der Waals surface area contributed by atoms with Crippen molar-refractivity contribution in [3.8, 4) is 5.75 Å². The van der Waals surface area contributed by atoms with E-state index in [9.17, 15) is 14.7 Å². The molecule has 1 atom stereocenters. The Morgan fingerprint density at radius 1 is 1.16 bits per heavy atom. The van der Waals surface area contributed by atoms with Crippen molar-refractivity contribution in [2.75, 3.05) is 34.3 Å². The summed E-state index contributed by atoms with van der Waals surface area (Å²) in [6, 6.07) is 9.17. The van der Waals surface area contributed by atoms with Gasteiger partial charge in [0, 0.05) is 22.2 Å². The zero-order chi connectivity index (χ0) is 23.6. The Hall–Kier alpha value is -2.54. The van der Waals surface area contributed by atoms with Crippen LogP contribution in [0.4, 0.5) is 0 Å². The first-order chi connectivity index (χ1) is 15.1. The van der Waals surface area contributed by atoms with Gasteiger partial charge >= 0.3 is 0 Å². The van der Waals surface area contributed by atoms with Gasteiger partial charge in [0.1, 0.15) is 11.5 Å². The smallest absolute Gasteiger partial charge is 0.295 e. The highest BCUT2D eigenvalue weighted by Gasteiger charge is 2.46. The number of carbonyl (C=O) groups excluding carboxylic acids is 2. The number of aliphatic hydroxyl groups excluding tert-OH is 1. The maximum atomic E-state index is 13.1. The third-order valence-corrected chi connectivity index (χ3v) is 6.03. The van der Waals surface area contributed by atoms with Crippen molar-refractivity contribution in [2.45, 2.75) is 19.4 Å². The zero-order valence-corrected chi connectivity index (χ0v) is 20.0. The number of amides is 1. The molecule has 0 aliphatic carbocycles. The fourth-order valence-corrected chi connectivity index (χ4v) is 4.41. The van der Waals surface area contributed by atoms with Crippen LogP contribution in [-0.2, 0) is 9.59 Å². The van der Waals surface area contributed by atoms with E-state index in [0.717, 1.165) is 12.1 Å². The van der Waals surface area contributed by atoms with Gasteiger partial charge in [0.25, 0.3) is 11.7 Å². The molecule has 1 aliphatic rings. The number of methoxy groups -OCH3 is 1. The van der Waals surface area contributed by atoms with Crippen LogP contribution >= 0.6 is 23.2 Å². The number of ketones is 1. The predicted molar refractivity (Wildman–Crippen MR) is 126 cm³/mol. The van der Waals surface area contributed by atoms with Crippen molar-refractivity contribution in [1.29, 1.82) is 0 Å². The summed E-state index contributed by atoms with van der Waals surface area (Å²) in [5.41, 5.74) is 1.75. The average Bonchev–Trinajstić information content (AvgIpc) is 2.98. The maximum Gasteiger partial charge on any atom is 0.295 e. The standard InChI is InChI=1S/C24H26Cl2N2O4/c1-14-12-15(6-9-19(14)32-4)22(29)20-21(17-8-7-16(25)13-18(17)26)28(24(31)23(20)30)11-5-10-27(2)3/h6-9,12-13,21,29H,5,10-11H2,1-4H3/t21-/m0/s1. The molecular formula is C24H26Cl2N2O4. The summed E-state index contributed by atoms with van der Waals surface area (Å²) in [5, 5.41) is 11.9. The summed E-state index contributed by atoms with van der Waals surface area (Å²) in [6.45, 7) is 2.91. The first-order valence-electron chi connectivity index (χ1n) is 10.2. The molecule has 0 radical (unpaired) electrons. The van der Waals surface area contributed by atoms with Gasteiger partial charge in [0.05, 0.1) is 18.7 Å². The van der Waals surface area contributed by atoms with Crippen LogP contribution in [0.1, 0.15) is 29.2 Å². The number of aliphatic hydroxyl groups is 1. The number of nitrogens with zero attached hydrogens (tertiary/aromatic N) is 2. The number of carbonyl (C=O) groups is 2. The van der Waals surface area contributed by atoms with E-state index in [4.69, 9.17) is 27.9 Å². The van der Waals surface area contributed by atoms with Crippen LogP contribution in [0.25, 0.3) is 5.76 Å². The van der Waals surface area contributed by atoms with Gasteiger partial charge in [-0.05, 0) is 75.4 Å². The van der Waals surface area contributed by atoms with Crippen LogP contribution in [0.15, 0.2) is 42.0 Å². The molecule has 0 spiro atoms. The van der Waals surface area contributed by atoms with Gasteiger partial charge in [-0.3, -0.25) is 9.59 Å². The number of hydrogen-bond donors (Lipinski definition) is 1. The van der Waals surface area contributed by atoms with Crippen molar-refractivity contribution >= 4 is 40.7 Å². The van der Waals surface area contributed by atoms with Crippen molar-refractivity contribution < 1.29 is 19.4 Å². The first kappa shape index (κ1) is 24.1. The second kappa shape index (κ2) is 9.94. The first-order valence-corrected chi connectivity index (χ1v) is 10.9. The minimum Gasteiger partial charge on any atom is -0.507 e. The van der Waals surface area contributed by atoms with E-state index in [2.05, 4.69) is 0 Å². The Bertz CT molecular complexity index is 1080. The number of likely N-dealkylation sites (tertiary alicyclic amines) is 1. The minimum atomic E-state index is -0.815. The normalized spacial score (nSPS) is 18.0. The fraction of sp³-hybridized carbons (Fsp3) is 0.333. The lowest BCUT2D eigenvalue weighted by molar-refractivity contribution is -0.139. The molecule has 8 heteroatoms. The van der Waals surface area contributed by atoms with Crippen LogP contribution in [-0.4, -0.2) is 60.9 Å². The maximum absolute atomic E-state index is 13.1. The molecule has 1 amide bonds. The van der Waals surface area contributed by atoms with Crippen molar-refractivity contribution in [1.82, 2.24) is 9.80 Å². The molecule has 3 rings (SSSR count). The molecule has 32 heavy (non-hydrogen) atoms. The van der Waals surface area contributed by atoms with Crippen LogP contribution in [0.2, 0.25) is 10.0 Å². The van der Waals surface area contributed by atoms with E-state index in [0.29, 0.717) is 39.9 Å². The molecule has 2 aromatic carbocycles. The molecular weight excluding hydrogens is 451 g/mol. The summed E-state index contributed by atoms with van der Waals surface area (Å²) in [6.07, 6.45) is 0.656. The molecule has 1 saturated heterocycles. The van der Waals surface area contributed by atoms with Crippen LogP contribution < -0.4 is 4.74 Å². The molecule has 170 valence electrons. The molecule has 1 fully saturated rings. The molecule has 6 nitrogen and oxygen atoms in total. The van der Waals surface area contributed by atoms with E-state index in [1.165, 1.54) is 4.90 Å². The number of halogens is 2. The third-order valence-electron chi connectivity index (χ3n) is 5.47. The topological polar surface area (TPSA) is 70.1 Å². The molecule has 1 aliphatic heterocycles. The number of ether oxygens (including phenoxy) is 1. The Labute approximate surface area is 198 Å². The van der Waals surface area contributed by atoms with E-state index in [1.54, 1.807) is 43.5 Å². The highest BCUT2D eigenvalue weighted by Crippen LogP contribution is 2.42. The van der Waals surface area contributed by atoms with Gasteiger partial charge in [-0.2, -0.15) is 0 Å². The van der Waals surface area contributed by atoms with Crippen molar-refractivity contribution in [2.24, 2.45) is 0 Å². The lowest BCUT2D eigenvalue weighted by atomic mass is 9.94. The summed E-state index contributed by atoms with van der Waals surface area (Å²) in [4.78, 5) is 29.5. The summed E-state index contributed by atoms with van der Waals surface area (Å²) in [5.74, 6) is -0.994. The van der Waals surface area contributed by atoms with Gasteiger partial charge < -0.3 is 19.6 Å². The molecule has 2 aromatic rings. The van der Waals surface area contributed by atoms with Gasteiger partial charge in [0.15, 0.2) is 0 Å². The van der Waals surface area contributed by atoms with E-state index < -0.39 is 17.7 Å². The lowest BCUT2D eigenvalue weighted by Crippen LogP contribution is -2.32. The molecule has 0 saturated carbocycles. The SMILES string of the molecule is COc1ccc(C(O)=C2C(=O)C(=O)N(CCCN(C)C)[C@H]2c2ccc(Cl)cc2Cl)cc1C.